The Hall–Kier alpha value is -0.440. The second kappa shape index (κ2) is 3.56. The summed E-state index contributed by atoms with van der Waals surface area (Å²) in [6, 6.07) is 4.31. The van der Waals surface area contributed by atoms with Crippen LogP contribution in [-0.2, 0) is 0 Å². The summed E-state index contributed by atoms with van der Waals surface area (Å²) in [7, 11) is 0. The first-order valence-electron chi connectivity index (χ1n) is 2.20. The molecular weight excluding hydrogens is 190 g/mol. The molecule has 0 N–H and O–H groups in total. The van der Waals surface area contributed by atoms with Crippen molar-refractivity contribution < 1.29 is 25.8 Å². The predicted molar refractivity (Wildman–Crippen MR) is 26.4 cm³/mol. The van der Waals surface area contributed by atoms with Crippen LogP contribution in [-0.4, -0.2) is 0 Å². The molecule has 0 heterocycles. The van der Waals surface area contributed by atoms with E-state index in [2.05, 4.69) is 0 Å². The zero-order valence-corrected chi connectivity index (χ0v) is 6.03. The van der Waals surface area contributed by atoms with Gasteiger partial charge in [0.25, 0.3) is 0 Å². The summed E-state index contributed by atoms with van der Waals surface area (Å²) in [5.74, 6) is -0.821. The largest absolute Gasteiger partial charge is 1.00 e. The zero-order valence-electron chi connectivity index (χ0n) is 4.44. The van der Waals surface area contributed by atoms with Crippen molar-refractivity contribution in [3.05, 3.63) is 35.9 Å². The topological polar surface area (TPSA) is 0 Å². The fourth-order valence-electron chi connectivity index (χ4n) is 0.430. The van der Waals surface area contributed by atoms with Crippen LogP contribution in [0.1, 0.15) is 0 Å². The zero-order chi connectivity index (χ0) is 5.98. The van der Waals surface area contributed by atoms with E-state index in [0.29, 0.717) is 0 Å². The van der Waals surface area contributed by atoms with E-state index in [9.17, 15) is 8.78 Å². The highest BCUT2D eigenvalue weighted by Gasteiger charge is 1.86. The molecule has 1 rings (SSSR count). The fraction of sp³-hybridized carbons (Fsp3) is 0. The molecule has 0 aliphatic carbocycles. The van der Waals surface area contributed by atoms with E-state index < -0.39 is 11.6 Å². The van der Waals surface area contributed by atoms with E-state index in [1.54, 1.807) is 0 Å². The Morgan fingerprint density at radius 2 is 1.00 bits per heavy atom. The van der Waals surface area contributed by atoms with Crippen LogP contribution in [0.25, 0.3) is 0 Å². The van der Waals surface area contributed by atoms with Crippen LogP contribution in [0.4, 0.5) is 8.78 Å². The van der Waals surface area contributed by atoms with Gasteiger partial charge in [-0.15, -0.1) is 0 Å². The van der Waals surface area contributed by atoms with Gasteiger partial charge in [0.05, 0.1) is 0 Å². The highest BCUT2D eigenvalue weighted by atomic mass is 79.9. The number of halogens is 3. The molecule has 9 heavy (non-hydrogen) atoms. The van der Waals surface area contributed by atoms with Gasteiger partial charge in [0.1, 0.15) is 11.6 Å². The van der Waals surface area contributed by atoms with Crippen molar-refractivity contribution in [3.63, 3.8) is 0 Å². The van der Waals surface area contributed by atoms with E-state index in [-0.39, 0.29) is 17.0 Å². The van der Waals surface area contributed by atoms with E-state index in [1.165, 1.54) is 0 Å². The van der Waals surface area contributed by atoms with Crippen LogP contribution in [0.2, 0.25) is 0 Å². The minimum Gasteiger partial charge on any atom is -1.00 e. The molecule has 0 fully saturated rings. The van der Waals surface area contributed by atoms with Crippen LogP contribution in [0.3, 0.4) is 0 Å². The van der Waals surface area contributed by atoms with Crippen LogP contribution in [0.5, 0.6) is 0 Å². The Bertz CT molecular complexity index is 150. The van der Waals surface area contributed by atoms with Gasteiger partial charge in [0.2, 0.25) is 0 Å². The Kier molecular flexibility index (Phi) is 3.39. The van der Waals surface area contributed by atoms with Gasteiger partial charge in [-0.25, -0.2) is 8.78 Å². The van der Waals surface area contributed by atoms with Crippen molar-refractivity contribution in [1.82, 2.24) is 0 Å². The lowest BCUT2D eigenvalue weighted by atomic mass is 10.3. The molecule has 50 valence electrons. The highest BCUT2D eigenvalue weighted by molar-refractivity contribution is 5.04. The minimum absolute atomic E-state index is 0. The van der Waals surface area contributed by atoms with Gasteiger partial charge in [-0.1, -0.05) is 0 Å². The molecule has 0 saturated heterocycles. The van der Waals surface area contributed by atoms with E-state index in [1.807, 2.05) is 0 Å². The molecule has 0 spiro atoms. The summed E-state index contributed by atoms with van der Waals surface area (Å²) in [6.45, 7) is 0. The summed E-state index contributed by atoms with van der Waals surface area (Å²) < 4.78 is 23.8. The molecule has 1 aromatic rings. The van der Waals surface area contributed by atoms with Crippen LogP contribution >= 0.6 is 0 Å². The van der Waals surface area contributed by atoms with Crippen LogP contribution in [0.15, 0.2) is 24.3 Å². The molecule has 0 aromatic heterocycles. The lowest BCUT2D eigenvalue weighted by Crippen LogP contribution is -3.00. The molecule has 0 saturated carbocycles. The number of hydrogen-bond acceptors (Lipinski definition) is 0. The third kappa shape index (κ3) is 2.56. The molecule has 0 aliphatic rings. The summed E-state index contributed by atoms with van der Waals surface area (Å²) in [5.41, 5.74) is 0. The summed E-state index contributed by atoms with van der Waals surface area (Å²) in [5, 5.41) is 0. The third-order valence-electron chi connectivity index (χ3n) is 0.804. The maximum Gasteiger partial charge on any atom is 0.123 e. The van der Waals surface area contributed by atoms with E-state index in [4.69, 9.17) is 0 Å². The molecule has 0 aliphatic heterocycles. The minimum atomic E-state index is -0.411. The first-order valence-corrected chi connectivity index (χ1v) is 2.20. The van der Waals surface area contributed by atoms with Gasteiger partial charge in [-0.2, -0.15) is 0 Å². The Morgan fingerprint density at radius 1 is 0.778 bits per heavy atom. The Balaban J connectivity index is 0.000000640. The predicted octanol–water partition coefficient (Wildman–Crippen LogP) is -1.03. The van der Waals surface area contributed by atoms with Crippen molar-refractivity contribution in [3.8, 4) is 0 Å². The third-order valence-corrected chi connectivity index (χ3v) is 0.804. The van der Waals surface area contributed by atoms with Crippen molar-refractivity contribution >= 4 is 0 Å². The quantitative estimate of drug-likeness (QED) is 0.495. The van der Waals surface area contributed by atoms with Gasteiger partial charge in [-0.05, 0) is 24.3 Å². The van der Waals surface area contributed by atoms with Crippen molar-refractivity contribution in [2.75, 3.05) is 0 Å². The second-order valence-corrected chi connectivity index (χ2v) is 1.44. The fourth-order valence-corrected chi connectivity index (χ4v) is 0.430. The monoisotopic (exact) mass is 193 g/mol. The molecule has 0 bridgehead atoms. The lowest BCUT2D eigenvalue weighted by molar-refractivity contribution is -0.00000284. The van der Waals surface area contributed by atoms with Crippen molar-refractivity contribution in [1.29, 1.82) is 0 Å². The van der Waals surface area contributed by atoms with E-state index in [0.717, 1.165) is 24.3 Å². The Labute approximate surface area is 62.3 Å². The molecule has 0 nitrogen and oxygen atoms in total. The number of rotatable bonds is 0. The smallest absolute Gasteiger partial charge is 0.123 e. The summed E-state index contributed by atoms with van der Waals surface area (Å²) >= 11 is 0. The van der Waals surface area contributed by atoms with E-state index >= 15 is 0 Å². The summed E-state index contributed by atoms with van der Waals surface area (Å²) in [6.07, 6.45) is 0. The molecule has 3 heteroatoms. The summed E-state index contributed by atoms with van der Waals surface area (Å²) in [4.78, 5) is 0. The molecule has 0 amide bonds. The molecule has 0 unspecified atom stereocenters. The number of hydrogen-bond donors (Lipinski definition) is 0. The van der Waals surface area contributed by atoms with Gasteiger partial charge in [-0.3, -0.25) is 0 Å². The first-order chi connectivity index (χ1) is 3.79. The average molecular weight is 194 g/mol. The molecular formula is C6H4BrF2-. The van der Waals surface area contributed by atoms with Crippen LogP contribution in [0, 0.1) is 11.6 Å². The standard InChI is InChI=1S/C6H4F2.BrH/c7-5-1-2-6(8)4-3-5;/h1-4H;1H/p-1. The SMILES string of the molecule is Fc1ccc(F)cc1.[Br-]. The van der Waals surface area contributed by atoms with Gasteiger partial charge >= 0.3 is 0 Å². The van der Waals surface area contributed by atoms with Gasteiger partial charge in [0, 0.05) is 0 Å². The van der Waals surface area contributed by atoms with Crippen molar-refractivity contribution in [2.24, 2.45) is 0 Å². The van der Waals surface area contributed by atoms with Gasteiger partial charge in [0.15, 0.2) is 0 Å². The first kappa shape index (κ1) is 8.56. The van der Waals surface area contributed by atoms with Crippen molar-refractivity contribution in [2.45, 2.75) is 0 Å². The lowest BCUT2D eigenvalue weighted by Gasteiger charge is -1.83. The maximum absolute atomic E-state index is 11.9. The Morgan fingerprint density at radius 3 is 1.22 bits per heavy atom. The average Bonchev–Trinajstić information content (AvgIpc) is 1.77. The highest BCUT2D eigenvalue weighted by Crippen LogP contribution is 1.98. The molecule has 0 atom stereocenters. The maximum atomic E-state index is 11.9. The normalized spacial score (nSPS) is 8.22. The van der Waals surface area contributed by atoms with Crippen LogP contribution < -0.4 is 17.0 Å². The second-order valence-electron chi connectivity index (χ2n) is 1.44. The molecule has 1 aromatic carbocycles. The molecule has 0 radical (unpaired) electrons. The van der Waals surface area contributed by atoms with Gasteiger partial charge < -0.3 is 17.0 Å². The number of benzene rings is 1.